The molecule has 0 saturated carbocycles. The van der Waals surface area contributed by atoms with Gasteiger partial charge in [-0.25, -0.2) is 4.79 Å². The molecule has 0 fully saturated rings. The maximum absolute atomic E-state index is 10.0. The van der Waals surface area contributed by atoms with Gasteiger partial charge in [0.15, 0.2) is 0 Å². The molecule has 1 radical (unpaired) electrons. The van der Waals surface area contributed by atoms with Crippen molar-refractivity contribution < 1.29 is 14.3 Å². The van der Waals surface area contributed by atoms with Gasteiger partial charge in [0.25, 0.3) is 0 Å². The van der Waals surface area contributed by atoms with E-state index in [-0.39, 0.29) is 6.61 Å². The summed E-state index contributed by atoms with van der Waals surface area (Å²) in [6, 6.07) is 17.7. The van der Waals surface area contributed by atoms with Gasteiger partial charge in [0.2, 0.25) is 0 Å². The number of rotatable bonds is 7. The molecule has 19 heavy (non-hydrogen) atoms. The van der Waals surface area contributed by atoms with Crippen LogP contribution in [0.5, 0.6) is 5.75 Å². The minimum atomic E-state index is 0.222. The lowest BCUT2D eigenvalue weighted by Gasteiger charge is -2.07. The number of ether oxygens (including phenoxy) is 2. The molecular weight excluding hydrogens is 240 g/mol. The van der Waals surface area contributed by atoms with Crippen LogP contribution in [0.4, 0.5) is 0 Å². The highest BCUT2D eigenvalue weighted by molar-refractivity contribution is 5.39. The van der Waals surface area contributed by atoms with Crippen molar-refractivity contribution in [3.8, 4) is 5.75 Å². The fraction of sp³-hybridized carbons (Fsp3) is 0.188. The van der Waals surface area contributed by atoms with E-state index in [1.807, 2.05) is 42.5 Å². The Labute approximate surface area is 112 Å². The summed E-state index contributed by atoms with van der Waals surface area (Å²) in [6.45, 7) is 2.25. The second-order valence-electron chi connectivity index (χ2n) is 4.10. The van der Waals surface area contributed by atoms with Gasteiger partial charge < -0.3 is 9.47 Å². The number of benzene rings is 2. The van der Waals surface area contributed by atoms with Crippen LogP contribution in [-0.4, -0.2) is 13.1 Å². The van der Waals surface area contributed by atoms with Crippen LogP contribution in [0.1, 0.15) is 11.1 Å². The van der Waals surface area contributed by atoms with Crippen molar-refractivity contribution in [1.29, 1.82) is 0 Å². The van der Waals surface area contributed by atoms with Crippen LogP contribution in [0.2, 0.25) is 0 Å². The fourth-order valence-corrected chi connectivity index (χ4v) is 1.77. The third kappa shape index (κ3) is 4.47. The van der Waals surface area contributed by atoms with Gasteiger partial charge in [-0.1, -0.05) is 42.5 Å². The van der Waals surface area contributed by atoms with Gasteiger partial charge in [-0.15, -0.1) is 0 Å². The number of carbonyl (C=O) groups excluding carboxylic acids is 1. The van der Waals surface area contributed by atoms with E-state index in [2.05, 4.69) is 16.9 Å². The van der Waals surface area contributed by atoms with Crippen molar-refractivity contribution in [3.63, 3.8) is 0 Å². The van der Waals surface area contributed by atoms with E-state index in [0.717, 1.165) is 17.7 Å². The quantitative estimate of drug-likeness (QED) is 0.763. The molecule has 0 unspecified atom stereocenters. The molecule has 2 aromatic rings. The molecule has 0 bridgehead atoms. The molecule has 0 heterocycles. The van der Waals surface area contributed by atoms with Gasteiger partial charge >= 0.3 is 6.47 Å². The lowest BCUT2D eigenvalue weighted by Crippen LogP contribution is -2.01. The summed E-state index contributed by atoms with van der Waals surface area (Å²) in [5.74, 6) is 0.780. The zero-order valence-electron chi connectivity index (χ0n) is 10.5. The van der Waals surface area contributed by atoms with E-state index in [0.29, 0.717) is 6.61 Å². The SMILES string of the molecule is O=[C]OCc1cccc(OCCc2ccccc2)c1. The summed E-state index contributed by atoms with van der Waals surface area (Å²) in [7, 11) is 0. The van der Waals surface area contributed by atoms with Crippen molar-refractivity contribution in [2.75, 3.05) is 6.61 Å². The molecule has 0 atom stereocenters. The molecule has 97 valence electrons. The first kappa shape index (κ1) is 13.1. The number of hydrogen-bond acceptors (Lipinski definition) is 3. The molecule has 0 spiro atoms. The number of hydrogen-bond donors (Lipinski definition) is 0. The first-order valence-electron chi connectivity index (χ1n) is 6.13. The standard InChI is InChI=1S/C16H15O3/c17-13-18-12-15-7-4-8-16(11-15)19-10-9-14-5-2-1-3-6-14/h1-8,11H,9-10,12H2. The maximum atomic E-state index is 10.0. The molecule has 0 aliphatic rings. The van der Waals surface area contributed by atoms with Crippen LogP contribution in [-0.2, 0) is 22.6 Å². The summed E-state index contributed by atoms with van der Waals surface area (Å²) >= 11 is 0. The smallest absolute Gasteiger partial charge is 0.417 e. The molecular formula is C16H15O3. The molecule has 0 aromatic heterocycles. The van der Waals surface area contributed by atoms with E-state index in [1.165, 1.54) is 12.0 Å². The van der Waals surface area contributed by atoms with Gasteiger partial charge in [-0.05, 0) is 23.3 Å². The van der Waals surface area contributed by atoms with E-state index in [1.54, 1.807) is 0 Å². The highest BCUT2D eigenvalue weighted by Crippen LogP contribution is 2.14. The lowest BCUT2D eigenvalue weighted by atomic mass is 10.2. The van der Waals surface area contributed by atoms with Gasteiger partial charge in [0.05, 0.1) is 6.61 Å². The fourth-order valence-electron chi connectivity index (χ4n) is 1.77. The Hall–Kier alpha value is -2.29. The highest BCUT2D eigenvalue weighted by Gasteiger charge is 1.98. The van der Waals surface area contributed by atoms with Crippen molar-refractivity contribution in [1.82, 2.24) is 0 Å². The minimum Gasteiger partial charge on any atom is -0.493 e. The average Bonchev–Trinajstić information content (AvgIpc) is 2.47. The molecule has 0 aliphatic carbocycles. The Morgan fingerprint density at radius 2 is 1.74 bits per heavy atom. The molecule has 3 nitrogen and oxygen atoms in total. The summed E-state index contributed by atoms with van der Waals surface area (Å²) in [5, 5.41) is 0. The normalized spacial score (nSPS) is 9.89. The zero-order valence-corrected chi connectivity index (χ0v) is 10.5. The van der Waals surface area contributed by atoms with Crippen molar-refractivity contribution >= 4 is 6.47 Å². The molecule has 0 aliphatic heterocycles. The molecule has 3 heteroatoms. The topological polar surface area (TPSA) is 35.5 Å². The van der Waals surface area contributed by atoms with Crippen LogP contribution < -0.4 is 4.74 Å². The lowest BCUT2D eigenvalue weighted by molar-refractivity contribution is 0.265. The van der Waals surface area contributed by atoms with Crippen molar-refractivity contribution in [3.05, 3.63) is 65.7 Å². The van der Waals surface area contributed by atoms with E-state index in [4.69, 9.17) is 4.74 Å². The van der Waals surface area contributed by atoms with Gasteiger partial charge in [-0.2, -0.15) is 0 Å². The van der Waals surface area contributed by atoms with Gasteiger partial charge in [-0.3, -0.25) is 0 Å². The van der Waals surface area contributed by atoms with Crippen LogP contribution >= 0.6 is 0 Å². The van der Waals surface area contributed by atoms with Gasteiger partial charge in [0, 0.05) is 6.42 Å². The van der Waals surface area contributed by atoms with Crippen LogP contribution in [0, 0.1) is 0 Å². The van der Waals surface area contributed by atoms with E-state index < -0.39 is 0 Å². The van der Waals surface area contributed by atoms with E-state index >= 15 is 0 Å². The average molecular weight is 255 g/mol. The Bertz CT molecular complexity index is 508. The maximum Gasteiger partial charge on any atom is 0.417 e. The largest absolute Gasteiger partial charge is 0.493 e. The minimum absolute atomic E-state index is 0.222. The van der Waals surface area contributed by atoms with Crippen molar-refractivity contribution in [2.45, 2.75) is 13.0 Å². The first-order chi connectivity index (χ1) is 9.38. The Kier molecular flexibility index (Phi) is 4.99. The Morgan fingerprint density at radius 1 is 0.947 bits per heavy atom. The monoisotopic (exact) mass is 255 g/mol. The zero-order chi connectivity index (χ0) is 13.3. The molecule has 0 amide bonds. The summed E-state index contributed by atoms with van der Waals surface area (Å²) in [4.78, 5) is 10.0. The van der Waals surface area contributed by atoms with Crippen molar-refractivity contribution in [2.24, 2.45) is 0 Å². The van der Waals surface area contributed by atoms with Crippen LogP contribution in [0.3, 0.4) is 0 Å². The third-order valence-electron chi connectivity index (χ3n) is 2.70. The third-order valence-corrected chi connectivity index (χ3v) is 2.70. The second kappa shape index (κ2) is 7.21. The first-order valence-corrected chi connectivity index (χ1v) is 6.13. The van der Waals surface area contributed by atoms with Crippen LogP contribution in [0.15, 0.2) is 54.6 Å². The molecule has 2 rings (SSSR count). The summed E-state index contributed by atoms with van der Waals surface area (Å²) in [5.41, 5.74) is 2.14. The highest BCUT2D eigenvalue weighted by atomic mass is 16.5. The molecule has 0 N–H and O–H groups in total. The predicted octanol–water partition coefficient (Wildman–Crippen LogP) is 2.89. The summed E-state index contributed by atoms with van der Waals surface area (Å²) in [6.07, 6.45) is 0.865. The Balaban J connectivity index is 1.84. The molecule has 2 aromatic carbocycles. The van der Waals surface area contributed by atoms with E-state index in [9.17, 15) is 4.79 Å². The Morgan fingerprint density at radius 3 is 2.53 bits per heavy atom. The predicted molar refractivity (Wildman–Crippen MR) is 72.6 cm³/mol. The molecule has 0 saturated heterocycles. The van der Waals surface area contributed by atoms with Gasteiger partial charge in [0.1, 0.15) is 12.4 Å². The second-order valence-corrected chi connectivity index (χ2v) is 4.10. The van der Waals surface area contributed by atoms with Crippen LogP contribution in [0.25, 0.3) is 0 Å². The summed E-state index contributed by atoms with van der Waals surface area (Å²) < 4.78 is 10.3.